The number of nitrogens with zero attached hydrogens (tertiary/aromatic N) is 3. The van der Waals surface area contributed by atoms with Crippen molar-refractivity contribution in [3.8, 4) is 11.8 Å². The van der Waals surface area contributed by atoms with Crippen molar-refractivity contribution in [2.45, 2.75) is 4.90 Å². The predicted molar refractivity (Wildman–Crippen MR) is 114 cm³/mol. The smallest absolute Gasteiger partial charge is 0.302 e. The van der Waals surface area contributed by atoms with Crippen LogP contribution >= 0.6 is 0 Å². The zero-order valence-corrected chi connectivity index (χ0v) is 17.1. The highest BCUT2D eigenvalue weighted by Crippen LogP contribution is 2.27. The third-order valence-corrected chi connectivity index (χ3v) is 5.71. The Morgan fingerprint density at radius 2 is 1.60 bits per heavy atom. The highest BCUT2D eigenvalue weighted by Gasteiger charge is 2.10. The zero-order chi connectivity index (χ0) is 21.3. The fraction of sp³-hybridized carbons (Fsp3) is 0.0952. The largest absolute Gasteiger partial charge is 0.426 e. The Bertz CT molecular complexity index is 1370. The molecule has 0 unspecified atom stereocenters. The van der Waals surface area contributed by atoms with Crippen LogP contribution in [0.2, 0.25) is 0 Å². The molecule has 0 aliphatic heterocycles. The lowest BCUT2D eigenvalue weighted by Crippen LogP contribution is -2.10. The van der Waals surface area contributed by atoms with Crippen LogP contribution in [-0.4, -0.2) is 36.7 Å². The number of sulfone groups is 1. The van der Waals surface area contributed by atoms with Crippen molar-refractivity contribution >= 4 is 32.1 Å². The van der Waals surface area contributed by atoms with E-state index in [4.69, 9.17) is 4.74 Å². The van der Waals surface area contributed by atoms with Gasteiger partial charge in [-0.2, -0.15) is 4.98 Å². The van der Waals surface area contributed by atoms with Gasteiger partial charge in [-0.25, -0.2) is 8.42 Å². The van der Waals surface area contributed by atoms with E-state index in [2.05, 4.69) is 15.0 Å². The van der Waals surface area contributed by atoms with Gasteiger partial charge in [0.1, 0.15) is 5.75 Å². The lowest BCUT2D eigenvalue weighted by atomic mass is 10.2. The minimum atomic E-state index is -3.23. The highest BCUT2D eigenvalue weighted by atomic mass is 32.2. The number of pyridine rings is 1. The van der Waals surface area contributed by atoms with Crippen molar-refractivity contribution in [2.75, 3.05) is 18.2 Å². The van der Waals surface area contributed by atoms with Gasteiger partial charge in [0.15, 0.2) is 9.84 Å². The van der Waals surface area contributed by atoms with Crippen molar-refractivity contribution in [3.63, 3.8) is 0 Å². The number of H-pyrrole nitrogens is 1. The molecule has 4 rings (SSSR count). The van der Waals surface area contributed by atoms with Crippen molar-refractivity contribution in [1.82, 2.24) is 15.0 Å². The molecule has 2 aromatic carbocycles. The molecule has 0 amide bonds. The van der Waals surface area contributed by atoms with Crippen LogP contribution in [0.3, 0.4) is 0 Å². The van der Waals surface area contributed by atoms with Gasteiger partial charge in [0.2, 0.25) is 0 Å². The molecule has 152 valence electrons. The summed E-state index contributed by atoms with van der Waals surface area (Å²) in [6.45, 7) is 0. The van der Waals surface area contributed by atoms with Crippen LogP contribution in [0.4, 0.5) is 11.4 Å². The second-order valence-corrected chi connectivity index (χ2v) is 8.70. The SMILES string of the molecule is CN(c1ccc(Oc2nc3cnccc3c(=O)[nH]2)cc1)c1ccc(S(C)(=O)=O)cc1. The van der Waals surface area contributed by atoms with Crippen LogP contribution in [0.25, 0.3) is 10.9 Å². The van der Waals surface area contributed by atoms with E-state index in [0.717, 1.165) is 11.4 Å². The Balaban J connectivity index is 1.53. The highest BCUT2D eigenvalue weighted by molar-refractivity contribution is 7.90. The van der Waals surface area contributed by atoms with Gasteiger partial charge in [-0.3, -0.25) is 14.8 Å². The first-order valence-electron chi connectivity index (χ1n) is 8.97. The lowest BCUT2D eigenvalue weighted by molar-refractivity contribution is 0.443. The minimum Gasteiger partial charge on any atom is -0.426 e. The molecule has 9 heteroatoms. The van der Waals surface area contributed by atoms with Crippen LogP contribution < -0.4 is 15.2 Å². The third kappa shape index (κ3) is 4.01. The van der Waals surface area contributed by atoms with Crippen molar-refractivity contribution < 1.29 is 13.2 Å². The lowest BCUT2D eigenvalue weighted by Gasteiger charge is -2.20. The summed E-state index contributed by atoms with van der Waals surface area (Å²) in [7, 11) is -1.36. The Morgan fingerprint density at radius 3 is 2.23 bits per heavy atom. The van der Waals surface area contributed by atoms with Crippen LogP contribution in [0, 0.1) is 0 Å². The molecular weight excluding hydrogens is 404 g/mol. The minimum absolute atomic E-state index is 0.0815. The standard InChI is InChI=1S/C21H18N4O4S/c1-25(15-5-9-17(10-6-15)30(2,27)28)14-3-7-16(8-4-14)29-21-23-19-13-22-12-11-18(19)20(26)24-21/h3-13H,1-2H3,(H,23,24,26). The topological polar surface area (TPSA) is 105 Å². The number of nitrogens with one attached hydrogen (secondary N) is 1. The predicted octanol–water partition coefficient (Wildman–Crippen LogP) is 3.28. The van der Waals surface area contributed by atoms with Gasteiger partial charge >= 0.3 is 6.01 Å². The zero-order valence-electron chi connectivity index (χ0n) is 16.2. The van der Waals surface area contributed by atoms with E-state index in [-0.39, 0.29) is 16.5 Å². The normalized spacial score (nSPS) is 11.4. The average molecular weight is 422 g/mol. The summed E-state index contributed by atoms with van der Waals surface area (Å²) in [4.78, 5) is 25.2. The van der Waals surface area contributed by atoms with E-state index in [1.807, 2.05) is 24.1 Å². The van der Waals surface area contributed by atoms with E-state index in [9.17, 15) is 13.2 Å². The van der Waals surface area contributed by atoms with Gasteiger partial charge in [0.25, 0.3) is 5.56 Å². The van der Waals surface area contributed by atoms with Crippen LogP contribution in [-0.2, 0) is 9.84 Å². The van der Waals surface area contributed by atoms with Gasteiger partial charge in [-0.1, -0.05) is 0 Å². The van der Waals surface area contributed by atoms with Crippen molar-refractivity contribution in [3.05, 3.63) is 77.3 Å². The number of hydrogen-bond acceptors (Lipinski definition) is 7. The molecule has 0 bridgehead atoms. The molecule has 0 spiro atoms. The van der Waals surface area contributed by atoms with Crippen LogP contribution in [0.1, 0.15) is 0 Å². The van der Waals surface area contributed by atoms with E-state index >= 15 is 0 Å². The second kappa shape index (κ2) is 7.60. The molecule has 0 saturated heterocycles. The molecule has 0 saturated carbocycles. The summed E-state index contributed by atoms with van der Waals surface area (Å²) in [5.41, 5.74) is 1.86. The van der Waals surface area contributed by atoms with Crippen molar-refractivity contribution in [1.29, 1.82) is 0 Å². The number of hydrogen-bond donors (Lipinski definition) is 1. The summed E-state index contributed by atoms with van der Waals surface area (Å²) >= 11 is 0. The number of fused-ring (bicyclic) bond motifs is 1. The summed E-state index contributed by atoms with van der Waals surface area (Å²) in [6, 6.07) is 15.5. The van der Waals surface area contributed by atoms with Crippen LogP contribution in [0.15, 0.2) is 76.7 Å². The Hall–Kier alpha value is -3.72. The molecule has 2 aromatic heterocycles. The van der Waals surface area contributed by atoms with Gasteiger partial charge in [-0.15, -0.1) is 0 Å². The van der Waals surface area contributed by atoms with E-state index in [1.54, 1.807) is 42.5 Å². The number of ether oxygens (including phenoxy) is 1. The van der Waals surface area contributed by atoms with E-state index in [1.165, 1.54) is 18.6 Å². The number of aromatic amines is 1. The maximum Gasteiger partial charge on any atom is 0.302 e. The Kier molecular flexibility index (Phi) is 4.96. The molecule has 0 fully saturated rings. The molecule has 0 radical (unpaired) electrons. The van der Waals surface area contributed by atoms with E-state index < -0.39 is 9.84 Å². The maximum atomic E-state index is 12.1. The molecule has 0 aliphatic rings. The van der Waals surface area contributed by atoms with Gasteiger partial charge < -0.3 is 9.64 Å². The first-order chi connectivity index (χ1) is 14.3. The molecule has 4 aromatic rings. The summed E-state index contributed by atoms with van der Waals surface area (Å²) in [6.07, 6.45) is 4.22. The molecule has 1 N–H and O–H groups in total. The third-order valence-electron chi connectivity index (χ3n) is 4.58. The molecule has 0 aliphatic carbocycles. The number of benzene rings is 2. The summed E-state index contributed by atoms with van der Waals surface area (Å²) in [5, 5.41) is 0.441. The number of rotatable bonds is 5. The monoisotopic (exact) mass is 422 g/mol. The average Bonchev–Trinajstić information content (AvgIpc) is 2.73. The Morgan fingerprint density at radius 1 is 0.967 bits per heavy atom. The maximum absolute atomic E-state index is 12.1. The molecule has 8 nitrogen and oxygen atoms in total. The van der Waals surface area contributed by atoms with Crippen LogP contribution in [0.5, 0.6) is 11.8 Å². The van der Waals surface area contributed by atoms with Gasteiger partial charge in [0, 0.05) is 30.9 Å². The van der Waals surface area contributed by atoms with E-state index in [0.29, 0.717) is 16.7 Å². The second-order valence-electron chi connectivity index (χ2n) is 6.68. The first-order valence-corrected chi connectivity index (χ1v) is 10.9. The quantitative estimate of drug-likeness (QED) is 0.526. The van der Waals surface area contributed by atoms with Gasteiger partial charge in [-0.05, 0) is 54.6 Å². The molecular formula is C21H18N4O4S. The summed E-state index contributed by atoms with van der Waals surface area (Å²) in [5.74, 6) is 0.506. The fourth-order valence-electron chi connectivity index (χ4n) is 2.93. The Labute approximate surface area is 172 Å². The van der Waals surface area contributed by atoms with Crippen molar-refractivity contribution in [2.24, 2.45) is 0 Å². The van der Waals surface area contributed by atoms with Gasteiger partial charge in [0.05, 0.1) is 22.0 Å². The molecule has 0 atom stereocenters. The number of anilines is 2. The summed E-state index contributed by atoms with van der Waals surface area (Å²) < 4.78 is 28.9. The molecule has 30 heavy (non-hydrogen) atoms. The number of aromatic nitrogens is 3. The molecule has 2 heterocycles. The first kappa shape index (κ1) is 19.6. The fourth-order valence-corrected chi connectivity index (χ4v) is 3.56.